The minimum absolute atomic E-state index is 0.229. The predicted octanol–water partition coefficient (Wildman–Crippen LogP) is 4.40. The Bertz CT molecular complexity index is 768. The lowest BCUT2D eigenvalue weighted by Crippen LogP contribution is -2.49. The van der Waals surface area contributed by atoms with Crippen LogP contribution in [0.25, 0.3) is 0 Å². The Hall–Kier alpha value is -1.75. The van der Waals surface area contributed by atoms with Gasteiger partial charge < -0.3 is 9.84 Å². The highest BCUT2D eigenvalue weighted by Crippen LogP contribution is 2.24. The van der Waals surface area contributed by atoms with Crippen LogP contribution < -0.4 is 4.74 Å². The second kappa shape index (κ2) is 7.65. The van der Waals surface area contributed by atoms with Crippen LogP contribution in [0.5, 0.6) is 5.75 Å². The molecule has 0 saturated carbocycles. The molecule has 1 fully saturated rings. The van der Waals surface area contributed by atoms with Crippen LogP contribution in [0.2, 0.25) is 10.0 Å². The molecule has 0 amide bonds. The second-order valence-electron chi connectivity index (χ2n) is 6.38. The van der Waals surface area contributed by atoms with Gasteiger partial charge in [-0.1, -0.05) is 29.3 Å². The molecule has 0 bridgehead atoms. The maximum Gasteiger partial charge on any atom is 0.309 e. The highest BCUT2D eigenvalue weighted by atomic mass is 35.5. The summed E-state index contributed by atoms with van der Waals surface area (Å²) in [6, 6.07) is 11.3. The predicted molar refractivity (Wildman–Crippen MR) is 98.4 cm³/mol. The highest BCUT2D eigenvalue weighted by Gasteiger charge is 2.32. The Morgan fingerprint density at radius 2 is 1.88 bits per heavy atom. The number of likely N-dealkylation sites (tertiary alicyclic amines) is 1. The number of halogens is 2. The molecule has 2 aromatic rings. The van der Waals surface area contributed by atoms with E-state index in [1.165, 1.54) is 5.56 Å². The zero-order chi connectivity index (χ0) is 18.0. The molecule has 6 heteroatoms. The first-order valence-electron chi connectivity index (χ1n) is 8.03. The molecule has 0 atom stereocenters. The van der Waals surface area contributed by atoms with E-state index < -0.39 is 5.97 Å². The van der Waals surface area contributed by atoms with Gasteiger partial charge in [-0.2, -0.15) is 0 Å². The summed E-state index contributed by atoms with van der Waals surface area (Å²) in [5, 5.41) is 10.1. The minimum atomic E-state index is -0.710. The molecule has 1 heterocycles. The molecule has 2 aromatic carbocycles. The summed E-state index contributed by atoms with van der Waals surface area (Å²) < 4.78 is 5.82. The fourth-order valence-electron chi connectivity index (χ4n) is 2.89. The first kappa shape index (κ1) is 18.1. The van der Waals surface area contributed by atoms with E-state index in [2.05, 4.69) is 4.90 Å². The summed E-state index contributed by atoms with van der Waals surface area (Å²) in [7, 11) is 0. The van der Waals surface area contributed by atoms with E-state index in [4.69, 9.17) is 33.0 Å². The number of carboxylic acid groups (broad SMARTS) is 1. The van der Waals surface area contributed by atoms with Crippen LogP contribution in [0, 0.1) is 12.8 Å². The van der Waals surface area contributed by atoms with Crippen molar-refractivity contribution in [2.75, 3.05) is 13.1 Å². The average molecular weight is 380 g/mol. The van der Waals surface area contributed by atoms with Gasteiger partial charge in [-0.3, -0.25) is 9.69 Å². The molecule has 4 nitrogen and oxygen atoms in total. The van der Waals surface area contributed by atoms with Crippen LogP contribution >= 0.6 is 23.2 Å². The number of hydrogen-bond acceptors (Lipinski definition) is 3. The third-order valence-corrected chi connectivity index (χ3v) is 4.78. The van der Waals surface area contributed by atoms with Crippen LogP contribution in [0.3, 0.4) is 0 Å². The summed E-state index contributed by atoms with van der Waals surface area (Å²) >= 11 is 12.0. The van der Waals surface area contributed by atoms with Gasteiger partial charge in [0.2, 0.25) is 0 Å². The fourth-order valence-corrected chi connectivity index (χ4v) is 3.46. The molecule has 0 unspecified atom stereocenters. The van der Waals surface area contributed by atoms with Gasteiger partial charge in [0.25, 0.3) is 0 Å². The molecule has 1 N–H and O–H groups in total. The van der Waals surface area contributed by atoms with Crippen molar-refractivity contribution in [1.29, 1.82) is 0 Å². The van der Waals surface area contributed by atoms with Crippen molar-refractivity contribution in [3.63, 3.8) is 0 Å². The van der Waals surface area contributed by atoms with Crippen LogP contribution in [0.15, 0.2) is 36.4 Å². The topological polar surface area (TPSA) is 49.8 Å². The molecule has 0 spiro atoms. The lowest BCUT2D eigenvalue weighted by Gasteiger charge is -2.36. The lowest BCUT2D eigenvalue weighted by atomic mass is 9.98. The van der Waals surface area contributed by atoms with Crippen LogP contribution in [-0.2, 0) is 17.9 Å². The fraction of sp³-hybridized carbons (Fsp3) is 0.316. The van der Waals surface area contributed by atoms with Gasteiger partial charge in [-0.25, -0.2) is 0 Å². The maximum atomic E-state index is 10.9. The zero-order valence-corrected chi connectivity index (χ0v) is 15.3. The van der Waals surface area contributed by atoms with E-state index in [1.54, 1.807) is 6.07 Å². The summed E-state index contributed by atoms with van der Waals surface area (Å²) in [5.74, 6) is -0.158. The molecule has 1 aliphatic heterocycles. The SMILES string of the molecule is Cc1cc(OCc2cc(Cl)cc(Cl)c2)ccc1CN1CC(C(=O)O)C1. The van der Waals surface area contributed by atoms with E-state index in [0.717, 1.165) is 23.4 Å². The minimum Gasteiger partial charge on any atom is -0.489 e. The Morgan fingerprint density at radius 3 is 2.48 bits per heavy atom. The van der Waals surface area contributed by atoms with Gasteiger partial charge in [0.05, 0.1) is 5.92 Å². The highest BCUT2D eigenvalue weighted by molar-refractivity contribution is 6.34. The van der Waals surface area contributed by atoms with Gasteiger partial charge in [0.1, 0.15) is 12.4 Å². The van der Waals surface area contributed by atoms with Crippen molar-refractivity contribution in [3.8, 4) is 5.75 Å². The van der Waals surface area contributed by atoms with Gasteiger partial charge in [0, 0.05) is 29.7 Å². The van der Waals surface area contributed by atoms with Crippen molar-refractivity contribution < 1.29 is 14.6 Å². The molecular weight excluding hydrogens is 361 g/mol. The van der Waals surface area contributed by atoms with Crippen LogP contribution in [-0.4, -0.2) is 29.1 Å². The maximum absolute atomic E-state index is 10.9. The Balaban J connectivity index is 1.57. The van der Waals surface area contributed by atoms with E-state index >= 15 is 0 Å². The van der Waals surface area contributed by atoms with E-state index in [0.29, 0.717) is 29.7 Å². The number of carbonyl (C=O) groups is 1. The normalized spacial score (nSPS) is 15.0. The van der Waals surface area contributed by atoms with Crippen LogP contribution in [0.4, 0.5) is 0 Å². The second-order valence-corrected chi connectivity index (χ2v) is 7.26. The number of nitrogens with zero attached hydrogens (tertiary/aromatic N) is 1. The quantitative estimate of drug-likeness (QED) is 0.807. The van der Waals surface area contributed by atoms with E-state index in [9.17, 15) is 4.79 Å². The summed E-state index contributed by atoms with van der Waals surface area (Å²) in [6.45, 7) is 4.42. The molecule has 0 aromatic heterocycles. The molecule has 1 saturated heterocycles. The van der Waals surface area contributed by atoms with Gasteiger partial charge >= 0.3 is 5.97 Å². The van der Waals surface area contributed by atoms with Crippen molar-refractivity contribution in [3.05, 3.63) is 63.1 Å². The van der Waals surface area contributed by atoms with Gasteiger partial charge in [-0.05, 0) is 53.9 Å². The first-order valence-corrected chi connectivity index (χ1v) is 8.79. The van der Waals surface area contributed by atoms with E-state index in [-0.39, 0.29) is 5.92 Å². The van der Waals surface area contributed by atoms with Crippen LogP contribution in [0.1, 0.15) is 16.7 Å². The third kappa shape index (κ3) is 4.66. The molecule has 1 aliphatic rings. The summed E-state index contributed by atoms with van der Waals surface area (Å²) in [6.07, 6.45) is 0. The van der Waals surface area contributed by atoms with Crippen molar-refractivity contribution in [2.45, 2.75) is 20.1 Å². The lowest BCUT2D eigenvalue weighted by molar-refractivity contribution is -0.147. The van der Waals surface area contributed by atoms with Gasteiger partial charge in [0.15, 0.2) is 0 Å². The first-order chi connectivity index (χ1) is 11.9. The Morgan fingerprint density at radius 1 is 1.20 bits per heavy atom. The van der Waals surface area contributed by atoms with Crippen molar-refractivity contribution in [1.82, 2.24) is 4.90 Å². The Kier molecular flexibility index (Phi) is 5.52. The number of carboxylic acids is 1. The molecule has 132 valence electrons. The largest absolute Gasteiger partial charge is 0.489 e. The summed E-state index contributed by atoms with van der Waals surface area (Å²) in [4.78, 5) is 13.0. The molecule has 0 aliphatic carbocycles. The number of ether oxygens (including phenoxy) is 1. The van der Waals surface area contributed by atoms with Crippen molar-refractivity contribution in [2.24, 2.45) is 5.92 Å². The number of aliphatic carboxylic acids is 1. The Labute approximate surface area is 156 Å². The van der Waals surface area contributed by atoms with Gasteiger partial charge in [-0.15, -0.1) is 0 Å². The molecular formula is C19H19Cl2NO3. The number of benzene rings is 2. The monoisotopic (exact) mass is 379 g/mol. The van der Waals surface area contributed by atoms with Crippen molar-refractivity contribution >= 4 is 29.2 Å². The third-order valence-electron chi connectivity index (χ3n) is 4.34. The smallest absolute Gasteiger partial charge is 0.309 e. The number of hydrogen-bond donors (Lipinski definition) is 1. The molecule has 3 rings (SSSR count). The molecule has 0 radical (unpaired) electrons. The number of rotatable bonds is 6. The standard InChI is InChI=1S/C19H19Cl2NO3/c1-12-4-18(25-11-13-5-16(20)7-17(21)6-13)3-2-14(12)8-22-9-15(10-22)19(23)24/h2-7,15H,8-11H2,1H3,(H,23,24). The van der Waals surface area contributed by atoms with E-state index in [1.807, 2.05) is 37.3 Å². The average Bonchev–Trinajstić information content (AvgIpc) is 2.48. The number of aryl methyl sites for hydroxylation is 1. The summed E-state index contributed by atoms with van der Waals surface area (Å²) in [5.41, 5.74) is 3.22. The molecule has 25 heavy (non-hydrogen) atoms. The zero-order valence-electron chi connectivity index (χ0n) is 13.8.